The second-order valence-electron chi connectivity index (χ2n) is 8.61. The molecule has 1 aliphatic rings. The normalized spacial score (nSPS) is 15.4. The number of pyridine rings is 1. The SMILES string of the molecule is CCCC(CC)Oc1nc(C)c2ncc(Cc3cnc(N4CCCCC4)c(C)c3)n2n1. The van der Waals surface area contributed by atoms with Crippen LogP contribution in [-0.4, -0.2) is 43.8 Å². The van der Waals surface area contributed by atoms with Gasteiger partial charge >= 0.3 is 6.01 Å². The van der Waals surface area contributed by atoms with E-state index in [0.717, 1.165) is 67.2 Å². The molecule has 0 saturated carbocycles. The Hall–Kier alpha value is -2.70. The zero-order valence-electron chi connectivity index (χ0n) is 19.3. The molecular formula is C24H34N6O. The van der Waals surface area contributed by atoms with Gasteiger partial charge in [-0.2, -0.15) is 4.98 Å². The van der Waals surface area contributed by atoms with Crippen LogP contribution in [0.5, 0.6) is 6.01 Å². The van der Waals surface area contributed by atoms with Crippen LogP contribution in [0.3, 0.4) is 0 Å². The fraction of sp³-hybridized carbons (Fsp3) is 0.583. The smallest absolute Gasteiger partial charge is 0.334 e. The molecule has 1 saturated heterocycles. The molecule has 166 valence electrons. The first-order chi connectivity index (χ1) is 15.1. The molecule has 3 aromatic rings. The van der Waals surface area contributed by atoms with Crippen LogP contribution < -0.4 is 9.64 Å². The first-order valence-electron chi connectivity index (χ1n) is 11.7. The van der Waals surface area contributed by atoms with E-state index in [0.29, 0.717) is 6.01 Å². The van der Waals surface area contributed by atoms with Gasteiger partial charge in [0, 0.05) is 25.7 Å². The zero-order valence-corrected chi connectivity index (χ0v) is 19.3. The molecule has 4 rings (SSSR count). The Morgan fingerprint density at radius 1 is 1.06 bits per heavy atom. The van der Waals surface area contributed by atoms with Crippen molar-refractivity contribution in [1.29, 1.82) is 0 Å². The van der Waals surface area contributed by atoms with Gasteiger partial charge in [0.1, 0.15) is 11.9 Å². The van der Waals surface area contributed by atoms with Crippen LogP contribution in [0.4, 0.5) is 5.82 Å². The summed E-state index contributed by atoms with van der Waals surface area (Å²) in [7, 11) is 0. The number of hydrogen-bond acceptors (Lipinski definition) is 6. The summed E-state index contributed by atoms with van der Waals surface area (Å²) in [4.78, 5) is 16.3. The van der Waals surface area contributed by atoms with Crippen molar-refractivity contribution < 1.29 is 4.74 Å². The number of aryl methyl sites for hydroxylation is 2. The lowest BCUT2D eigenvalue weighted by atomic mass is 10.1. The average molecular weight is 423 g/mol. The first kappa shape index (κ1) is 21.5. The highest BCUT2D eigenvalue weighted by Crippen LogP contribution is 2.23. The highest BCUT2D eigenvalue weighted by atomic mass is 16.5. The van der Waals surface area contributed by atoms with Gasteiger partial charge in [-0.3, -0.25) is 0 Å². The Balaban J connectivity index is 1.57. The molecule has 1 fully saturated rings. The summed E-state index contributed by atoms with van der Waals surface area (Å²) in [6.07, 6.45) is 11.6. The second kappa shape index (κ2) is 9.62. The van der Waals surface area contributed by atoms with Crippen molar-refractivity contribution in [1.82, 2.24) is 24.6 Å². The third-order valence-corrected chi connectivity index (χ3v) is 6.07. The van der Waals surface area contributed by atoms with E-state index in [-0.39, 0.29) is 6.10 Å². The number of anilines is 1. The van der Waals surface area contributed by atoms with Gasteiger partial charge in [0.2, 0.25) is 0 Å². The molecule has 31 heavy (non-hydrogen) atoms. The van der Waals surface area contributed by atoms with Gasteiger partial charge in [0.25, 0.3) is 0 Å². The molecular weight excluding hydrogens is 388 g/mol. The molecule has 7 heteroatoms. The van der Waals surface area contributed by atoms with Crippen molar-refractivity contribution in [2.45, 2.75) is 78.7 Å². The minimum Gasteiger partial charge on any atom is -0.459 e. The van der Waals surface area contributed by atoms with Crippen LogP contribution in [0.25, 0.3) is 5.65 Å². The molecule has 0 N–H and O–H groups in total. The highest BCUT2D eigenvalue weighted by molar-refractivity contribution is 5.49. The number of rotatable bonds is 8. The monoisotopic (exact) mass is 422 g/mol. The molecule has 4 heterocycles. The maximum Gasteiger partial charge on any atom is 0.334 e. The minimum absolute atomic E-state index is 0.142. The van der Waals surface area contributed by atoms with E-state index in [1.54, 1.807) is 0 Å². The Morgan fingerprint density at radius 2 is 1.87 bits per heavy atom. The van der Waals surface area contributed by atoms with Gasteiger partial charge in [-0.05, 0) is 57.1 Å². The quantitative estimate of drug-likeness (QED) is 0.525. The fourth-order valence-corrected chi connectivity index (χ4v) is 4.40. The number of nitrogens with zero attached hydrogens (tertiary/aromatic N) is 6. The number of piperidine rings is 1. The van der Waals surface area contributed by atoms with Gasteiger partial charge in [0.05, 0.1) is 17.6 Å². The molecule has 0 spiro atoms. The lowest BCUT2D eigenvalue weighted by Crippen LogP contribution is -2.30. The predicted molar refractivity (Wildman–Crippen MR) is 123 cm³/mol. The lowest BCUT2D eigenvalue weighted by molar-refractivity contribution is 0.166. The maximum atomic E-state index is 6.08. The minimum atomic E-state index is 0.142. The summed E-state index contributed by atoms with van der Waals surface area (Å²) in [5.74, 6) is 1.12. The van der Waals surface area contributed by atoms with Crippen LogP contribution in [0.1, 0.15) is 74.9 Å². The Labute approximate surface area is 184 Å². The van der Waals surface area contributed by atoms with Gasteiger partial charge in [-0.25, -0.2) is 14.5 Å². The summed E-state index contributed by atoms with van der Waals surface area (Å²) >= 11 is 0. The summed E-state index contributed by atoms with van der Waals surface area (Å²) in [5, 5.41) is 4.67. The molecule has 0 aliphatic carbocycles. The van der Waals surface area contributed by atoms with Crippen molar-refractivity contribution >= 4 is 11.5 Å². The summed E-state index contributed by atoms with van der Waals surface area (Å²) in [6, 6.07) is 2.68. The molecule has 7 nitrogen and oxygen atoms in total. The van der Waals surface area contributed by atoms with E-state index in [4.69, 9.17) is 9.72 Å². The van der Waals surface area contributed by atoms with Gasteiger partial charge in [0.15, 0.2) is 5.65 Å². The van der Waals surface area contributed by atoms with Crippen molar-refractivity contribution in [2.75, 3.05) is 18.0 Å². The van der Waals surface area contributed by atoms with Crippen molar-refractivity contribution in [3.63, 3.8) is 0 Å². The average Bonchev–Trinajstić information content (AvgIpc) is 3.17. The van der Waals surface area contributed by atoms with E-state index in [1.807, 2.05) is 23.8 Å². The first-order valence-corrected chi connectivity index (χ1v) is 11.7. The maximum absolute atomic E-state index is 6.08. The van der Waals surface area contributed by atoms with Crippen molar-refractivity contribution in [2.24, 2.45) is 0 Å². The number of fused-ring (bicyclic) bond motifs is 1. The third-order valence-electron chi connectivity index (χ3n) is 6.07. The van der Waals surface area contributed by atoms with Crippen molar-refractivity contribution in [3.05, 3.63) is 41.0 Å². The predicted octanol–water partition coefficient (Wildman–Crippen LogP) is 4.67. The van der Waals surface area contributed by atoms with E-state index < -0.39 is 0 Å². The summed E-state index contributed by atoms with van der Waals surface area (Å²) in [6.45, 7) is 10.6. The van der Waals surface area contributed by atoms with Crippen LogP contribution in [-0.2, 0) is 6.42 Å². The summed E-state index contributed by atoms with van der Waals surface area (Å²) in [5.41, 5.74) is 5.02. The standard InChI is InChI=1S/C24H34N6O/c1-5-10-21(6-2)31-24-27-18(4)23-26-16-20(30(23)28-24)14-19-13-17(3)22(25-15-19)29-11-8-7-9-12-29/h13,15-16,21H,5-12,14H2,1-4H3. The van der Waals surface area contributed by atoms with Crippen LogP contribution in [0.15, 0.2) is 18.5 Å². The van der Waals surface area contributed by atoms with Crippen LogP contribution >= 0.6 is 0 Å². The molecule has 3 aromatic heterocycles. The zero-order chi connectivity index (χ0) is 21.8. The number of ether oxygens (including phenoxy) is 1. The Kier molecular flexibility index (Phi) is 6.68. The molecule has 1 aliphatic heterocycles. The number of imidazole rings is 1. The van der Waals surface area contributed by atoms with Gasteiger partial charge in [-0.15, -0.1) is 5.10 Å². The van der Waals surface area contributed by atoms with Crippen LogP contribution in [0, 0.1) is 13.8 Å². The Bertz CT molecular complexity index is 1020. The molecule has 0 aromatic carbocycles. The van der Waals surface area contributed by atoms with E-state index in [9.17, 15) is 0 Å². The van der Waals surface area contributed by atoms with Gasteiger partial charge in [-0.1, -0.05) is 26.3 Å². The molecule has 0 amide bonds. The second-order valence-corrected chi connectivity index (χ2v) is 8.61. The van der Waals surface area contributed by atoms with E-state index in [2.05, 4.69) is 46.8 Å². The lowest BCUT2D eigenvalue weighted by Gasteiger charge is -2.29. The molecule has 0 bridgehead atoms. The van der Waals surface area contributed by atoms with E-state index in [1.165, 1.54) is 24.8 Å². The van der Waals surface area contributed by atoms with Crippen LogP contribution in [0.2, 0.25) is 0 Å². The fourth-order valence-electron chi connectivity index (χ4n) is 4.40. The Morgan fingerprint density at radius 3 is 2.58 bits per heavy atom. The van der Waals surface area contributed by atoms with Gasteiger partial charge < -0.3 is 9.64 Å². The molecule has 0 radical (unpaired) electrons. The summed E-state index contributed by atoms with van der Waals surface area (Å²) < 4.78 is 7.96. The topological polar surface area (TPSA) is 68.4 Å². The largest absolute Gasteiger partial charge is 0.459 e. The highest BCUT2D eigenvalue weighted by Gasteiger charge is 2.17. The third kappa shape index (κ3) is 4.81. The molecule has 1 atom stereocenters. The van der Waals surface area contributed by atoms with Crippen molar-refractivity contribution in [3.8, 4) is 6.01 Å². The number of hydrogen-bond donors (Lipinski definition) is 0. The van der Waals surface area contributed by atoms with E-state index >= 15 is 0 Å². The molecule has 1 unspecified atom stereocenters. The number of aromatic nitrogens is 5.